The standard InChI is InChI=1S/C13H21N3O3/c1-4-8-15(9-5-2)13(18)19-12(17)11-7-10-16(6-3)14-11/h7,10H,4-6,8-9H2,1-3H3. The van der Waals surface area contributed by atoms with Crippen molar-refractivity contribution >= 4 is 12.1 Å². The first-order valence-corrected chi connectivity index (χ1v) is 6.66. The van der Waals surface area contributed by atoms with Gasteiger partial charge in [-0.05, 0) is 25.8 Å². The van der Waals surface area contributed by atoms with Gasteiger partial charge < -0.3 is 9.64 Å². The van der Waals surface area contributed by atoms with Gasteiger partial charge in [0, 0.05) is 25.8 Å². The van der Waals surface area contributed by atoms with Crippen molar-refractivity contribution in [1.29, 1.82) is 0 Å². The number of amides is 1. The van der Waals surface area contributed by atoms with E-state index in [4.69, 9.17) is 4.74 Å². The molecular weight excluding hydrogens is 246 g/mol. The van der Waals surface area contributed by atoms with Crippen LogP contribution in [0.5, 0.6) is 0 Å². The van der Waals surface area contributed by atoms with Crippen LogP contribution in [-0.4, -0.2) is 39.8 Å². The van der Waals surface area contributed by atoms with Gasteiger partial charge in [0.15, 0.2) is 5.69 Å². The number of nitrogens with zero attached hydrogens (tertiary/aromatic N) is 3. The summed E-state index contributed by atoms with van der Waals surface area (Å²) in [5, 5.41) is 4.00. The van der Waals surface area contributed by atoms with Crippen LogP contribution in [0.25, 0.3) is 0 Å². The van der Waals surface area contributed by atoms with Crippen LogP contribution in [0.1, 0.15) is 44.1 Å². The maximum Gasteiger partial charge on any atom is 0.417 e. The fraction of sp³-hybridized carbons (Fsp3) is 0.615. The van der Waals surface area contributed by atoms with Gasteiger partial charge in [0.25, 0.3) is 0 Å². The van der Waals surface area contributed by atoms with Gasteiger partial charge in [-0.3, -0.25) is 4.68 Å². The molecule has 0 saturated heterocycles. The molecule has 0 atom stereocenters. The zero-order chi connectivity index (χ0) is 14.3. The van der Waals surface area contributed by atoms with E-state index < -0.39 is 12.1 Å². The van der Waals surface area contributed by atoms with E-state index >= 15 is 0 Å². The van der Waals surface area contributed by atoms with E-state index in [9.17, 15) is 9.59 Å². The van der Waals surface area contributed by atoms with Crippen LogP contribution in [0.2, 0.25) is 0 Å². The minimum Gasteiger partial charge on any atom is -0.371 e. The third-order valence-electron chi connectivity index (χ3n) is 2.60. The van der Waals surface area contributed by atoms with Crippen molar-refractivity contribution in [1.82, 2.24) is 14.7 Å². The molecule has 0 N–H and O–H groups in total. The van der Waals surface area contributed by atoms with E-state index in [1.807, 2.05) is 20.8 Å². The Kier molecular flexibility index (Phi) is 6.05. The lowest BCUT2D eigenvalue weighted by atomic mass is 10.4. The molecule has 6 heteroatoms. The molecule has 0 aromatic carbocycles. The molecular formula is C13H21N3O3. The van der Waals surface area contributed by atoms with E-state index in [1.165, 1.54) is 4.90 Å². The van der Waals surface area contributed by atoms with Crippen molar-refractivity contribution in [3.63, 3.8) is 0 Å². The van der Waals surface area contributed by atoms with Gasteiger partial charge in [-0.25, -0.2) is 9.59 Å². The molecule has 0 unspecified atom stereocenters. The van der Waals surface area contributed by atoms with E-state index in [2.05, 4.69) is 5.10 Å². The molecule has 0 saturated carbocycles. The third kappa shape index (κ3) is 4.39. The highest BCUT2D eigenvalue weighted by molar-refractivity contribution is 5.94. The number of hydrogen-bond donors (Lipinski definition) is 0. The number of carbonyl (C=O) groups is 2. The molecule has 1 aromatic heterocycles. The van der Waals surface area contributed by atoms with Crippen molar-refractivity contribution in [3.8, 4) is 0 Å². The van der Waals surface area contributed by atoms with Crippen molar-refractivity contribution in [2.45, 2.75) is 40.2 Å². The zero-order valence-corrected chi connectivity index (χ0v) is 11.8. The summed E-state index contributed by atoms with van der Waals surface area (Å²) in [4.78, 5) is 25.1. The van der Waals surface area contributed by atoms with Gasteiger partial charge in [-0.15, -0.1) is 0 Å². The lowest BCUT2D eigenvalue weighted by Gasteiger charge is -2.19. The monoisotopic (exact) mass is 267 g/mol. The minimum atomic E-state index is -0.700. The van der Waals surface area contributed by atoms with Crippen molar-refractivity contribution in [2.24, 2.45) is 0 Å². The molecule has 1 aromatic rings. The Labute approximate surface area is 113 Å². The predicted octanol–water partition coefficient (Wildman–Crippen LogP) is 2.30. The van der Waals surface area contributed by atoms with Crippen LogP contribution in [0.3, 0.4) is 0 Å². The number of carbonyl (C=O) groups excluding carboxylic acids is 2. The smallest absolute Gasteiger partial charge is 0.371 e. The van der Waals surface area contributed by atoms with Crippen LogP contribution >= 0.6 is 0 Å². The molecule has 1 amide bonds. The summed E-state index contributed by atoms with van der Waals surface area (Å²) in [6.07, 6.45) is 2.73. The van der Waals surface area contributed by atoms with Gasteiger partial charge in [0.1, 0.15) is 0 Å². The Morgan fingerprint density at radius 2 is 1.89 bits per heavy atom. The molecule has 1 heterocycles. The average molecular weight is 267 g/mol. The summed E-state index contributed by atoms with van der Waals surface area (Å²) in [5.74, 6) is -0.700. The van der Waals surface area contributed by atoms with Crippen molar-refractivity contribution in [2.75, 3.05) is 13.1 Å². The summed E-state index contributed by atoms with van der Waals surface area (Å²) >= 11 is 0. The number of aromatic nitrogens is 2. The van der Waals surface area contributed by atoms with Gasteiger partial charge in [-0.1, -0.05) is 13.8 Å². The topological polar surface area (TPSA) is 64.4 Å². The molecule has 1 rings (SSSR count). The first-order chi connectivity index (χ1) is 9.12. The van der Waals surface area contributed by atoms with E-state index in [1.54, 1.807) is 16.9 Å². The highest BCUT2D eigenvalue weighted by Crippen LogP contribution is 2.03. The Morgan fingerprint density at radius 1 is 1.26 bits per heavy atom. The quantitative estimate of drug-likeness (QED) is 0.586. The average Bonchev–Trinajstić information content (AvgIpc) is 2.87. The Bertz CT molecular complexity index is 423. The summed E-state index contributed by atoms with van der Waals surface area (Å²) in [6, 6.07) is 1.54. The fourth-order valence-electron chi connectivity index (χ4n) is 1.68. The van der Waals surface area contributed by atoms with Gasteiger partial charge in [0.2, 0.25) is 0 Å². The first kappa shape index (κ1) is 15.2. The molecule has 106 valence electrons. The molecule has 0 fully saturated rings. The Balaban J connectivity index is 2.61. The summed E-state index contributed by atoms with van der Waals surface area (Å²) < 4.78 is 6.44. The second kappa shape index (κ2) is 7.56. The van der Waals surface area contributed by atoms with Gasteiger partial charge in [-0.2, -0.15) is 5.10 Å². The molecule has 6 nitrogen and oxygen atoms in total. The number of esters is 1. The minimum absolute atomic E-state index is 0.156. The molecule has 0 spiro atoms. The van der Waals surface area contributed by atoms with Crippen LogP contribution < -0.4 is 0 Å². The molecule has 19 heavy (non-hydrogen) atoms. The lowest BCUT2D eigenvalue weighted by molar-refractivity contribution is 0.0534. The molecule has 0 bridgehead atoms. The SMILES string of the molecule is CCCN(CCC)C(=O)OC(=O)c1ccn(CC)n1. The van der Waals surface area contributed by atoms with E-state index in [0.717, 1.165) is 12.8 Å². The maximum absolute atomic E-state index is 11.8. The van der Waals surface area contributed by atoms with Gasteiger partial charge in [0.05, 0.1) is 0 Å². The number of ether oxygens (including phenoxy) is 1. The molecule has 0 aliphatic rings. The van der Waals surface area contributed by atoms with Crippen LogP contribution in [0.4, 0.5) is 4.79 Å². The number of hydrogen-bond acceptors (Lipinski definition) is 4. The predicted molar refractivity (Wildman–Crippen MR) is 70.9 cm³/mol. The highest BCUT2D eigenvalue weighted by atomic mass is 16.6. The summed E-state index contributed by atoms with van der Waals surface area (Å²) in [6.45, 7) is 7.70. The van der Waals surface area contributed by atoms with E-state index in [-0.39, 0.29) is 5.69 Å². The molecule has 0 aliphatic heterocycles. The summed E-state index contributed by atoms with van der Waals surface area (Å²) in [5.41, 5.74) is 0.156. The normalized spacial score (nSPS) is 10.3. The second-order valence-corrected chi connectivity index (χ2v) is 4.20. The van der Waals surface area contributed by atoms with Crippen LogP contribution in [-0.2, 0) is 11.3 Å². The molecule has 0 radical (unpaired) electrons. The molecule has 0 aliphatic carbocycles. The van der Waals surface area contributed by atoms with E-state index in [0.29, 0.717) is 19.6 Å². The van der Waals surface area contributed by atoms with Crippen molar-refractivity contribution in [3.05, 3.63) is 18.0 Å². The van der Waals surface area contributed by atoms with Crippen LogP contribution in [0.15, 0.2) is 12.3 Å². The Morgan fingerprint density at radius 3 is 2.37 bits per heavy atom. The zero-order valence-electron chi connectivity index (χ0n) is 11.8. The lowest BCUT2D eigenvalue weighted by Crippen LogP contribution is -2.34. The summed E-state index contributed by atoms with van der Waals surface area (Å²) in [7, 11) is 0. The highest BCUT2D eigenvalue weighted by Gasteiger charge is 2.20. The van der Waals surface area contributed by atoms with Crippen molar-refractivity contribution < 1.29 is 14.3 Å². The Hall–Kier alpha value is -1.85. The van der Waals surface area contributed by atoms with Gasteiger partial charge >= 0.3 is 12.1 Å². The maximum atomic E-state index is 11.8. The van der Waals surface area contributed by atoms with Crippen LogP contribution in [0, 0.1) is 0 Å². The largest absolute Gasteiger partial charge is 0.417 e. The first-order valence-electron chi connectivity index (χ1n) is 6.66. The second-order valence-electron chi connectivity index (χ2n) is 4.20. The fourth-order valence-corrected chi connectivity index (χ4v) is 1.68. The third-order valence-corrected chi connectivity index (χ3v) is 2.60. The number of rotatable bonds is 6. The number of aryl methyl sites for hydroxylation is 1.